The van der Waals surface area contributed by atoms with Crippen LogP contribution in [0.1, 0.15) is 11.1 Å². The van der Waals surface area contributed by atoms with Crippen molar-refractivity contribution >= 4 is 34.6 Å². The fourth-order valence-corrected chi connectivity index (χ4v) is 4.25. The standard InChI is InChI=1S/C26H20ClFN4OS/c27-22-11-6-12-23(28)21(22)16-33-24-14-13-17-7-4-5-10-19(17)20(24)15-29-32-25(30-31-26(32)34)18-8-2-1-3-9-18/h1-14,29H,15-16H2,(H,31,34). The van der Waals surface area contributed by atoms with Gasteiger partial charge < -0.3 is 10.2 Å². The molecule has 0 spiro atoms. The predicted molar refractivity (Wildman–Crippen MR) is 136 cm³/mol. The number of ether oxygens (including phenoxy) is 1. The van der Waals surface area contributed by atoms with Crippen molar-refractivity contribution in [2.24, 2.45) is 0 Å². The maximum absolute atomic E-state index is 14.3. The van der Waals surface area contributed by atoms with E-state index in [9.17, 15) is 4.39 Å². The number of fused-ring (bicyclic) bond motifs is 1. The van der Waals surface area contributed by atoms with Crippen molar-refractivity contribution < 1.29 is 9.13 Å². The average Bonchev–Trinajstić information content (AvgIpc) is 3.23. The maximum atomic E-state index is 14.3. The number of nitrogens with zero attached hydrogens (tertiary/aromatic N) is 2. The van der Waals surface area contributed by atoms with Gasteiger partial charge in [0.2, 0.25) is 4.77 Å². The first kappa shape index (κ1) is 22.1. The zero-order valence-corrected chi connectivity index (χ0v) is 19.5. The summed E-state index contributed by atoms with van der Waals surface area (Å²) in [6.45, 7) is 0.409. The first-order chi connectivity index (χ1) is 16.6. The maximum Gasteiger partial charge on any atom is 0.214 e. The van der Waals surface area contributed by atoms with Crippen LogP contribution < -0.4 is 10.2 Å². The van der Waals surface area contributed by atoms with Gasteiger partial charge >= 0.3 is 0 Å². The van der Waals surface area contributed by atoms with Gasteiger partial charge in [0, 0.05) is 16.7 Å². The molecule has 0 unspecified atom stereocenters. The number of benzene rings is 4. The van der Waals surface area contributed by atoms with Crippen LogP contribution in [0.4, 0.5) is 4.39 Å². The number of halogens is 2. The van der Waals surface area contributed by atoms with E-state index in [0.717, 1.165) is 21.9 Å². The number of aromatic amines is 1. The Balaban J connectivity index is 1.49. The average molecular weight is 491 g/mol. The highest BCUT2D eigenvalue weighted by molar-refractivity contribution is 7.71. The molecule has 0 aliphatic rings. The smallest absolute Gasteiger partial charge is 0.214 e. The van der Waals surface area contributed by atoms with E-state index >= 15 is 0 Å². The Morgan fingerprint density at radius 3 is 2.56 bits per heavy atom. The third-order valence-corrected chi connectivity index (χ3v) is 6.18. The molecule has 1 aromatic heterocycles. The number of hydrogen-bond donors (Lipinski definition) is 2. The fraction of sp³-hybridized carbons (Fsp3) is 0.0769. The van der Waals surface area contributed by atoms with Crippen molar-refractivity contribution in [3.05, 3.63) is 112 Å². The molecular weight excluding hydrogens is 471 g/mol. The second kappa shape index (κ2) is 9.67. The molecule has 0 aliphatic carbocycles. The van der Waals surface area contributed by atoms with Gasteiger partial charge in [0.05, 0.1) is 11.6 Å². The lowest BCUT2D eigenvalue weighted by atomic mass is 10.0. The summed E-state index contributed by atoms with van der Waals surface area (Å²) in [6.07, 6.45) is 0. The molecule has 5 aromatic rings. The summed E-state index contributed by atoms with van der Waals surface area (Å²) in [6, 6.07) is 26.3. The van der Waals surface area contributed by atoms with Crippen LogP contribution in [0.5, 0.6) is 5.75 Å². The van der Waals surface area contributed by atoms with Crippen LogP contribution >= 0.6 is 23.8 Å². The minimum Gasteiger partial charge on any atom is -0.488 e. The van der Waals surface area contributed by atoms with Crippen LogP contribution in [0, 0.1) is 10.6 Å². The summed E-state index contributed by atoms with van der Waals surface area (Å²) in [4.78, 5) is 0. The van der Waals surface area contributed by atoms with Gasteiger partial charge in [-0.1, -0.05) is 78.3 Å². The largest absolute Gasteiger partial charge is 0.488 e. The molecule has 5 rings (SSSR count). The van der Waals surface area contributed by atoms with Gasteiger partial charge in [-0.05, 0) is 41.2 Å². The molecule has 0 saturated heterocycles. The van der Waals surface area contributed by atoms with Crippen molar-refractivity contribution in [1.29, 1.82) is 0 Å². The van der Waals surface area contributed by atoms with Crippen molar-refractivity contribution in [2.75, 3.05) is 5.43 Å². The molecule has 5 nitrogen and oxygen atoms in total. The Labute approximate surface area is 205 Å². The van der Waals surface area contributed by atoms with E-state index in [-0.39, 0.29) is 6.61 Å². The minimum atomic E-state index is -0.398. The Bertz CT molecular complexity index is 1500. The third-order valence-electron chi connectivity index (χ3n) is 5.55. The first-order valence-electron chi connectivity index (χ1n) is 10.6. The Kier molecular flexibility index (Phi) is 6.29. The van der Waals surface area contributed by atoms with E-state index in [2.05, 4.69) is 15.6 Å². The monoisotopic (exact) mass is 490 g/mol. The van der Waals surface area contributed by atoms with E-state index in [1.54, 1.807) is 16.8 Å². The van der Waals surface area contributed by atoms with Crippen molar-refractivity contribution in [3.8, 4) is 17.1 Å². The van der Waals surface area contributed by atoms with Crippen LogP contribution in [-0.4, -0.2) is 14.9 Å². The lowest BCUT2D eigenvalue weighted by Crippen LogP contribution is -2.17. The van der Waals surface area contributed by atoms with Crippen LogP contribution in [0.15, 0.2) is 84.9 Å². The van der Waals surface area contributed by atoms with Gasteiger partial charge in [-0.2, -0.15) is 5.10 Å². The predicted octanol–water partition coefficient (Wildman–Crippen LogP) is 6.88. The Morgan fingerprint density at radius 1 is 0.941 bits per heavy atom. The van der Waals surface area contributed by atoms with Crippen LogP contribution in [0.25, 0.3) is 22.2 Å². The van der Waals surface area contributed by atoms with Gasteiger partial charge in [0.15, 0.2) is 5.82 Å². The van der Waals surface area contributed by atoms with Crippen molar-refractivity contribution in [1.82, 2.24) is 14.9 Å². The molecule has 0 fully saturated rings. The molecule has 0 amide bonds. The number of H-pyrrole nitrogens is 1. The zero-order valence-electron chi connectivity index (χ0n) is 18.0. The van der Waals surface area contributed by atoms with Gasteiger partial charge in [-0.25, -0.2) is 14.2 Å². The fourth-order valence-electron chi connectivity index (χ4n) is 3.84. The number of rotatable bonds is 7. The van der Waals surface area contributed by atoms with Crippen LogP contribution in [0.3, 0.4) is 0 Å². The van der Waals surface area contributed by atoms with Gasteiger partial charge in [-0.15, -0.1) is 0 Å². The zero-order chi connectivity index (χ0) is 23.5. The molecule has 0 saturated carbocycles. The topological polar surface area (TPSA) is 54.9 Å². The Morgan fingerprint density at radius 2 is 1.74 bits per heavy atom. The molecule has 2 N–H and O–H groups in total. The number of hydrogen-bond acceptors (Lipinski definition) is 4. The van der Waals surface area contributed by atoms with Gasteiger partial charge in [0.25, 0.3) is 0 Å². The summed E-state index contributed by atoms with van der Waals surface area (Å²) in [7, 11) is 0. The van der Waals surface area contributed by atoms with E-state index < -0.39 is 5.82 Å². The number of aromatic nitrogens is 3. The van der Waals surface area contributed by atoms with Crippen LogP contribution in [-0.2, 0) is 13.2 Å². The molecule has 1 heterocycles. The summed E-state index contributed by atoms with van der Waals surface area (Å²) in [5, 5.41) is 9.64. The summed E-state index contributed by atoms with van der Waals surface area (Å²) in [5.41, 5.74) is 5.52. The quantitative estimate of drug-likeness (QED) is 0.244. The third kappa shape index (κ3) is 4.40. The van der Waals surface area contributed by atoms with Crippen LogP contribution in [0.2, 0.25) is 5.02 Å². The molecule has 0 aliphatic heterocycles. The highest BCUT2D eigenvalue weighted by atomic mass is 35.5. The highest BCUT2D eigenvalue weighted by Gasteiger charge is 2.14. The molecule has 0 atom stereocenters. The van der Waals surface area contributed by atoms with E-state index in [0.29, 0.717) is 33.5 Å². The lowest BCUT2D eigenvalue weighted by molar-refractivity contribution is 0.297. The summed E-state index contributed by atoms with van der Waals surface area (Å²) >= 11 is 11.7. The van der Waals surface area contributed by atoms with E-state index in [1.807, 2.05) is 66.7 Å². The molecule has 8 heteroatoms. The SMILES string of the molecule is Fc1cccc(Cl)c1COc1ccc2ccccc2c1CNn1c(-c2ccccc2)n[nH]c1=S. The van der Waals surface area contributed by atoms with Crippen molar-refractivity contribution in [2.45, 2.75) is 13.2 Å². The lowest BCUT2D eigenvalue weighted by Gasteiger charge is -2.17. The highest BCUT2D eigenvalue weighted by Crippen LogP contribution is 2.30. The van der Waals surface area contributed by atoms with Gasteiger partial charge in [0.1, 0.15) is 18.2 Å². The van der Waals surface area contributed by atoms with Crippen molar-refractivity contribution in [3.63, 3.8) is 0 Å². The molecule has 0 bridgehead atoms. The first-order valence-corrected chi connectivity index (χ1v) is 11.4. The Hall–Kier alpha value is -3.68. The second-order valence-corrected chi connectivity index (χ2v) is 8.43. The molecule has 34 heavy (non-hydrogen) atoms. The molecule has 0 radical (unpaired) electrons. The van der Waals surface area contributed by atoms with Gasteiger partial charge in [-0.3, -0.25) is 0 Å². The minimum absolute atomic E-state index is 0.0112. The molecule has 170 valence electrons. The molecular formula is C26H20ClFN4OS. The van der Waals surface area contributed by atoms with E-state index in [4.69, 9.17) is 28.6 Å². The second-order valence-electron chi connectivity index (χ2n) is 7.64. The summed E-state index contributed by atoms with van der Waals surface area (Å²) < 4.78 is 22.6. The summed E-state index contributed by atoms with van der Waals surface area (Å²) in [5.74, 6) is 0.901. The molecule has 4 aromatic carbocycles. The number of nitrogens with one attached hydrogen (secondary N) is 2. The normalized spacial score (nSPS) is 11.0. The van der Waals surface area contributed by atoms with E-state index in [1.165, 1.54) is 6.07 Å².